The first-order chi connectivity index (χ1) is 11.7. The van der Waals surface area contributed by atoms with Crippen molar-refractivity contribution in [1.82, 2.24) is 0 Å². The van der Waals surface area contributed by atoms with E-state index in [9.17, 15) is 4.79 Å². The first-order valence-electron chi connectivity index (χ1n) is 8.75. The number of quaternary nitrogens is 1. The number of nitrogens with zero attached hydrogens (tertiary/aromatic N) is 1. The Morgan fingerprint density at radius 2 is 1.79 bits per heavy atom. The summed E-state index contributed by atoms with van der Waals surface area (Å²) in [4.78, 5) is 18.3. The number of hydroxylamine groups is 3. The van der Waals surface area contributed by atoms with Gasteiger partial charge in [-0.25, -0.2) is 4.79 Å². The second-order valence-corrected chi connectivity index (χ2v) is 6.90. The molecule has 124 valence electrons. The number of anilines is 1. The van der Waals surface area contributed by atoms with Gasteiger partial charge >= 0.3 is 6.09 Å². The number of amides is 1. The lowest BCUT2D eigenvalue weighted by Gasteiger charge is -2.33. The molecule has 2 aliphatic rings. The molecule has 4 heteroatoms. The maximum absolute atomic E-state index is 12.5. The van der Waals surface area contributed by atoms with Crippen LogP contribution in [-0.2, 0) is 4.84 Å². The third-order valence-electron chi connectivity index (χ3n) is 5.24. The van der Waals surface area contributed by atoms with Crippen LogP contribution in [0.5, 0.6) is 0 Å². The van der Waals surface area contributed by atoms with Crippen molar-refractivity contribution >= 4 is 11.8 Å². The molecule has 0 spiro atoms. The Morgan fingerprint density at radius 1 is 1.00 bits per heavy atom. The number of fused-ring (bicyclic) bond motifs is 2. The lowest BCUT2D eigenvalue weighted by Crippen LogP contribution is -2.50. The second-order valence-electron chi connectivity index (χ2n) is 6.90. The van der Waals surface area contributed by atoms with E-state index in [0.29, 0.717) is 4.65 Å². The lowest BCUT2D eigenvalue weighted by molar-refractivity contribution is -1.08. The molecule has 2 fully saturated rings. The largest absolute Gasteiger partial charge is 0.466 e. The molecule has 2 bridgehead atoms. The van der Waals surface area contributed by atoms with E-state index in [0.717, 1.165) is 48.8 Å². The Kier molecular flexibility index (Phi) is 3.98. The number of piperidine rings is 1. The average Bonchev–Trinajstić information content (AvgIpc) is 2.89. The summed E-state index contributed by atoms with van der Waals surface area (Å²) in [5, 5.41) is 2.96. The highest BCUT2D eigenvalue weighted by Crippen LogP contribution is 2.34. The van der Waals surface area contributed by atoms with Gasteiger partial charge in [0.05, 0.1) is 5.69 Å². The van der Waals surface area contributed by atoms with Crippen molar-refractivity contribution in [1.29, 1.82) is 0 Å². The van der Waals surface area contributed by atoms with Gasteiger partial charge in [0.1, 0.15) is 19.6 Å². The highest BCUT2D eigenvalue weighted by molar-refractivity contribution is 5.91. The molecule has 1 amide bonds. The quantitative estimate of drug-likeness (QED) is 0.848. The number of rotatable bonds is 3. The monoisotopic (exact) mass is 323 g/mol. The number of hydrogen-bond acceptors (Lipinski definition) is 2. The van der Waals surface area contributed by atoms with E-state index in [1.165, 1.54) is 12.8 Å². The zero-order valence-corrected chi connectivity index (χ0v) is 13.8. The van der Waals surface area contributed by atoms with Crippen molar-refractivity contribution in [2.24, 2.45) is 5.92 Å². The number of carbonyl (C=O) groups excluding carboxylic acids is 1. The molecule has 2 saturated heterocycles. The molecule has 0 aromatic heterocycles. The minimum atomic E-state index is -0.346. The molecule has 24 heavy (non-hydrogen) atoms. The zero-order valence-electron chi connectivity index (χ0n) is 13.8. The molecular formula is C20H23N2O2+. The van der Waals surface area contributed by atoms with E-state index in [-0.39, 0.29) is 6.09 Å². The van der Waals surface area contributed by atoms with Gasteiger partial charge in [-0.3, -0.25) is 10.2 Å². The minimum absolute atomic E-state index is 0.346. The molecule has 0 aliphatic carbocycles. The molecule has 2 aliphatic heterocycles. The number of nitrogens with one attached hydrogen (secondary N) is 1. The summed E-state index contributed by atoms with van der Waals surface area (Å²) in [5.41, 5.74) is 2.88. The summed E-state index contributed by atoms with van der Waals surface area (Å²) >= 11 is 0. The van der Waals surface area contributed by atoms with Crippen LogP contribution in [0, 0.1) is 5.92 Å². The van der Waals surface area contributed by atoms with Crippen molar-refractivity contribution in [3.8, 4) is 11.1 Å². The zero-order chi connectivity index (χ0) is 16.4. The van der Waals surface area contributed by atoms with Crippen molar-refractivity contribution in [3.63, 3.8) is 0 Å². The van der Waals surface area contributed by atoms with Gasteiger partial charge in [0, 0.05) is 24.3 Å². The molecule has 2 unspecified atom stereocenters. The van der Waals surface area contributed by atoms with E-state index in [2.05, 4.69) is 5.32 Å². The fraction of sp³-hybridized carbons (Fsp3) is 0.350. The van der Waals surface area contributed by atoms with Crippen LogP contribution in [0.1, 0.15) is 19.3 Å². The van der Waals surface area contributed by atoms with Crippen molar-refractivity contribution in [2.75, 3.05) is 25.0 Å². The van der Waals surface area contributed by atoms with Crippen molar-refractivity contribution < 1.29 is 14.3 Å². The van der Waals surface area contributed by atoms with Gasteiger partial charge in [-0.05, 0) is 18.1 Å². The van der Waals surface area contributed by atoms with E-state index < -0.39 is 0 Å². The maximum Gasteiger partial charge on any atom is 0.466 e. The van der Waals surface area contributed by atoms with Crippen molar-refractivity contribution in [2.45, 2.75) is 19.3 Å². The predicted octanol–water partition coefficient (Wildman–Crippen LogP) is 4.45. The summed E-state index contributed by atoms with van der Waals surface area (Å²) in [7, 11) is 0. The Labute approximate surface area is 142 Å². The third kappa shape index (κ3) is 3.02. The number of benzene rings is 2. The molecular weight excluding hydrogens is 300 g/mol. The van der Waals surface area contributed by atoms with E-state index in [4.69, 9.17) is 4.84 Å². The topological polar surface area (TPSA) is 38.3 Å². The first kappa shape index (κ1) is 15.2. The van der Waals surface area contributed by atoms with Crippen LogP contribution < -0.4 is 5.32 Å². The molecule has 2 atom stereocenters. The smallest absolute Gasteiger partial charge is 0.286 e. The number of carbonyl (C=O) groups is 1. The predicted molar refractivity (Wildman–Crippen MR) is 94.2 cm³/mol. The molecule has 4 nitrogen and oxygen atoms in total. The standard InChI is InChI=1S/C20H22N2O2/c23-20(24-22-13-6-7-16(15-22)12-14-22)21-19-11-5-4-10-18(19)17-8-2-1-3-9-17/h1-5,8-11,16H,6-7,12-15H2/p+1. The Morgan fingerprint density at radius 3 is 2.67 bits per heavy atom. The molecule has 2 heterocycles. The van der Waals surface area contributed by atoms with E-state index in [1.54, 1.807) is 0 Å². The van der Waals surface area contributed by atoms with Gasteiger partial charge in [0.25, 0.3) is 0 Å². The van der Waals surface area contributed by atoms with Crippen LogP contribution in [0.25, 0.3) is 11.1 Å². The molecule has 2 aromatic carbocycles. The molecule has 0 saturated carbocycles. The molecule has 1 N–H and O–H groups in total. The SMILES string of the molecule is O=C(Nc1ccccc1-c1ccccc1)O[N+]12CCCC(CC1)C2. The maximum atomic E-state index is 12.5. The Hall–Kier alpha value is -2.33. The number of hydrogen-bond donors (Lipinski definition) is 1. The third-order valence-corrected chi connectivity index (χ3v) is 5.24. The second kappa shape index (κ2) is 6.29. The van der Waals surface area contributed by atoms with Gasteiger partial charge in [0.15, 0.2) is 0 Å². The first-order valence-corrected chi connectivity index (χ1v) is 8.75. The van der Waals surface area contributed by atoms with Crippen LogP contribution in [-0.4, -0.2) is 30.4 Å². The highest BCUT2D eigenvalue weighted by atomic mass is 16.8. The van der Waals surface area contributed by atoms with E-state index in [1.807, 2.05) is 54.6 Å². The van der Waals surface area contributed by atoms with Gasteiger partial charge in [0.2, 0.25) is 0 Å². The van der Waals surface area contributed by atoms with Gasteiger partial charge in [-0.2, -0.15) is 0 Å². The lowest BCUT2D eigenvalue weighted by atomic mass is 10.0. The summed E-state index contributed by atoms with van der Waals surface area (Å²) < 4.78 is 0.504. The molecule has 4 rings (SSSR count). The number of para-hydroxylation sites is 1. The Bertz CT molecular complexity index is 727. The van der Waals surface area contributed by atoms with Crippen LogP contribution in [0.2, 0.25) is 0 Å². The fourth-order valence-electron chi connectivity index (χ4n) is 4.08. The summed E-state index contributed by atoms with van der Waals surface area (Å²) in [6, 6.07) is 17.9. The van der Waals surface area contributed by atoms with Crippen LogP contribution in [0.4, 0.5) is 10.5 Å². The summed E-state index contributed by atoms with van der Waals surface area (Å²) in [5.74, 6) is 0.725. The summed E-state index contributed by atoms with van der Waals surface area (Å²) in [6.45, 7) is 2.89. The van der Waals surface area contributed by atoms with Gasteiger partial charge < -0.3 is 0 Å². The van der Waals surface area contributed by atoms with Gasteiger partial charge in [-0.15, -0.1) is 4.65 Å². The average molecular weight is 323 g/mol. The fourth-order valence-corrected chi connectivity index (χ4v) is 4.08. The van der Waals surface area contributed by atoms with Crippen molar-refractivity contribution in [3.05, 3.63) is 54.6 Å². The molecule has 0 radical (unpaired) electrons. The van der Waals surface area contributed by atoms with E-state index >= 15 is 0 Å². The minimum Gasteiger partial charge on any atom is -0.286 e. The summed E-state index contributed by atoms with van der Waals surface area (Å²) in [6.07, 6.45) is 3.26. The van der Waals surface area contributed by atoms with Crippen LogP contribution in [0.15, 0.2) is 54.6 Å². The van der Waals surface area contributed by atoms with Crippen LogP contribution >= 0.6 is 0 Å². The highest BCUT2D eigenvalue weighted by Gasteiger charge is 2.45. The molecule has 2 aromatic rings. The van der Waals surface area contributed by atoms with Crippen LogP contribution in [0.3, 0.4) is 0 Å². The Balaban J connectivity index is 1.51. The van der Waals surface area contributed by atoms with Gasteiger partial charge in [-0.1, -0.05) is 48.5 Å². The normalized spacial score (nSPS) is 25.2.